The van der Waals surface area contributed by atoms with Gasteiger partial charge in [-0.1, -0.05) is 0 Å². The van der Waals surface area contributed by atoms with Crippen molar-refractivity contribution in [2.75, 3.05) is 34.3 Å². The van der Waals surface area contributed by atoms with E-state index in [9.17, 15) is 21.2 Å². The Morgan fingerprint density at radius 1 is 1.17 bits per heavy atom. The Morgan fingerprint density at radius 3 is 2.26 bits per heavy atom. The van der Waals surface area contributed by atoms with E-state index in [0.29, 0.717) is 0 Å². The molecule has 0 amide bonds. The van der Waals surface area contributed by atoms with Crippen molar-refractivity contribution >= 4 is 36.2 Å². The number of rotatable bonds is 8. The molecule has 0 saturated heterocycles. The first-order valence-electron chi connectivity index (χ1n) is 6.21. The second-order valence-electron chi connectivity index (χ2n) is 4.50. The number of methoxy groups -OCH3 is 1. The third-order valence-electron chi connectivity index (χ3n) is 2.68. The van der Waals surface area contributed by atoms with E-state index in [1.54, 1.807) is 0 Å². The zero-order valence-corrected chi connectivity index (χ0v) is 15.8. The molecule has 0 spiro atoms. The van der Waals surface area contributed by atoms with E-state index in [0.717, 1.165) is 10.4 Å². The summed E-state index contributed by atoms with van der Waals surface area (Å²) in [4.78, 5) is -0.379. The number of benzene rings is 1. The van der Waals surface area contributed by atoms with Crippen LogP contribution in [0, 0.1) is 5.82 Å². The normalized spacial score (nSPS) is 12.6. The fourth-order valence-electron chi connectivity index (χ4n) is 1.45. The van der Waals surface area contributed by atoms with Crippen LogP contribution < -0.4 is 14.2 Å². The molecule has 1 rings (SSSR count). The van der Waals surface area contributed by atoms with Crippen LogP contribution in [0.2, 0.25) is 0 Å². The summed E-state index contributed by atoms with van der Waals surface area (Å²) in [7, 11) is -3.79. The predicted octanol–water partition coefficient (Wildman–Crippen LogP) is 0.271. The maximum Gasteiger partial charge on any atom is 0.278 e. The summed E-state index contributed by atoms with van der Waals surface area (Å²) in [5.41, 5.74) is 0. The number of sulfonamides is 1. The van der Waals surface area contributed by atoms with Gasteiger partial charge >= 0.3 is 0 Å². The van der Waals surface area contributed by atoms with E-state index in [1.165, 1.54) is 27.3 Å². The Hall–Kier alpha value is -0.790. The van der Waals surface area contributed by atoms with Gasteiger partial charge < -0.3 is 4.74 Å². The van der Waals surface area contributed by atoms with Gasteiger partial charge in [-0.2, -0.15) is 12.7 Å². The van der Waals surface area contributed by atoms with Crippen LogP contribution in [0.1, 0.15) is 0 Å². The maximum atomic E-state index is 13.6. The first kappa shape index (κ1) is 20.3. The molecule has 1 aromatic carbocycles. The number of nitrogens with one attached hydrogen (secondary N) is 2. The van der Waals surface area contributed by atoms with Gasteiger partial charge in [-0.3, -0.25) is 0 Å². The highest BCUT2D eigenvalue weighted by atomic mass is 79.9. The molecule has 0 aliphatic rings. The summed E-state index contributed by atoms with van der Waals surface area (Å²) in [6, 6.07) is 2.01. The Bertz CT molecular complexity index is 768. The van der Waals surface area contributed by atoms with Crippen LogP contribution in [0.15, 0.2) is 21.5 Å². The summed E-state index contributed by atoms with van der Waals surface area (Å²) < 4.78 is 71.2. The Balaban J connectivity index is 2.83. The van der Waals surface area contributed by atoms with E-state index in [4.69, 9.17) is 4.74 Å². The molecule has 0 aliphatic carbocycles. The Labute approximate surface area is 143 Å². The zero-order chi connectivity index (χ0) is 17.8. The molecule has 2 N–H and O–H groups in total. The van der Waals surface area contributed by atoms with Gasteiger partial charge in [0, 0.05) is 27.2 Å². The van der Waals surface area contributed by atoms with Gasteiger partial charge in [0.2, 0.25) is 10.0 Å². The van der Waals surface area contributed by atoms with E-state index >= 15 is 0 Å². The van der Waals surface area contributed by atoms with Crippen molar-refractivity contribution in [3.63, 3.8) is 0 Å². The van der Waals surface area contributed by atoms with Crippen LogP contribution in [-0.4, -0.2) is 55.4 Å². The lowest BCUT2D eigenvalue weighted by atomic mass is 10.3. The van der Waals surface area contributed by atoms with Crippen LogP contribution in [-0.2, 0) is 20.2 Å². The molecule has 0 radical (unpaired) electrons. The van der Waals surface area contributed by atoms with E-state index in [2.05, 4.69) is 25.4 Å². The minimum Gasteiger partial charge on any atom is -0.495 e. The van der Waals surface area contributed by atoms with Crippen molar-refractivity contribution in [2.24, 2.45) is 0 Å². The minimum absolute atomic E-state index is 0.0420. The van der Waals surface area contributed by atoms with Gasteiger partial charge in [-0.15, -0.1) is 0 Å². The van der Waals surface area contributed by atoms with Crippen LogP contribution in [0.5, 0.6) is 5.75 Å². The summed E-state index contributed by atoms with van der Waals surface area (Å²) in [6.45, 7) is -0.378. The number of nitrogens with zero attached hydrogens (tertiary/aromatic N) is 1. The molecule has 0 aliphatic heterocycles. The molecule has 0 fully saturated rings. The van der Waals surface area contributed by atoms with Crippen LogP contribution in [0.25, 0.3) is 0 Å². The number of hydrogen-bond donors (Lipinski definition) is 2. The summed E-state index contributed by atoms with van der Waals surface area (Å²) in [6.07, 6.45) is 0. The fraction of sp³-hybridized carbons (Fsp3) is 0.455. The molecule has 8 nitrogen and oxygen atoms in total. The molecule has 0 unspecified atom stereocenters. The molecule has 0 bridgehead atoms. The molecular formula is C11H17BrFN3O5S2. The topological polar surface area (TPSA) is 105 Å². The molecule has 0 saturated carbocycles. The van der Waals surface area contributed by atoms with E-state index in [-0.39, 0.29) is 28.2 Å². The number of ether oxygens (including phenoxy) is 1. The first-order valence-corrected chi connectivity index (χ1v) is 9.92. The maximum absolute atomic E-state index is 13.6. The molecule has 0 heterocycles. The molecule has 1 aromatic rings. The molecule has 12 heteroatoms. The van der Waals surface area contributed by atoms with Gasteiger partial charge in [-0.05, 0) is 28.1 Å². The predicted molar refractivity (Wildman–Crippen MR) is 86.5 cm³/mol. The zero-order valence-electron chi connectivity index (χ0n) is 12.6. The Morgan fingerprint density at radius 2 is 1.74 bits per heavy atom. The standard InChI is InChI=1S/C11H17BrFN3O5S2/c1-16(2)23(19,20)15-5-4-14-22(17,18)11-7-9(13)8(12)6-10(11)21-3/h6-7,14-15H,4-5H2,1-3H3. The van der Waals surface area contributed by atoms with Gasteiger partial charge in [0.15, 0.2) is 0 Å². The van der Waals surface area contributed by atoms with Gasteiger partial charge in [0.25, 0.3) is 10.2 Å². The SMILES string of the molecule is COc1cc(Br)c(F)cc1S(=O)(=O)NCCNS(=O)(=O)N(C)C. The summed E-state index contributed by atoms with van der Waals surface area (Å²) in [5, 5.41) is 0. The highest BCUT2D eigenvalue weighted by Crippen LogP contribution is 2.29. The smallest absolute Gasteiger partial charge is 0.278 e. The van der Waals surface area contributed by atoms with Crippen molar-refractivity contribution < 1.29 is 26.0 Å². The second-order valence-corrected chi connectivity index (χ2v) is 9.06. The van der Waals surface area contributed by atoms with Crippen molar-refractivity contribution in [3.05, 3.63) is 22.4 Å². The number of halogens is 2. The van der Waals surface area contributed by atoms with Crippen molar-refractivity contribution in [1.82, 2.24) is 13.7 Å². The lowest BCUT2D eigenvalue weighted by Gasteiger charge is -2.14. The first-order chi connectivity index (χ1) is 10.5. The van der Waals surface area contributed by atoms with E-state index < -0.39 is 26.0 Å². The lowest BCUT2D eigenvalue weighted by Crippen LogP contribution is -2.40. The van der Waals surface area contributed by atoms with Crippen molar-refractivity contribution in [1.29, 1.82) is 0 Å². The molecule has 132 valence electrons. The lowest BCUT2D eigenvalue weighted by molar-refractivity contribution is 0.400. The van der Waals surface area contributed by atoms with E-state index in [1.807, 2.05) is 0 Å². The number of hydrogen-bond acceptors (Lipinski definition) is 5. The third-order valence-corrected chi connectivity index (χ3v) is 6.30. The average Bonchev–Trinajstić information content (AvgIpc) is 2.45. The quantitative estimate of drug-likeness (QED) is 0.572. The fourth-order valence-corrected chi connectivity index (χ4v) is 3.58. The molecule has 23 heavy (non-hydrogen) atoms. The average molecular weight is 434 g/mol. The van der Waals surface area contributed by atoms with Crippen LogP contribution in [0.4, 0.5) is 4.39 Å². The highest BCUT2D eigenvalue weighted by Gasteiger charge is 2.22. The second kappa shape index (κ2) is 7.85. The molecule has 0 aromatic heterocycles. The molecule has 0 atom stereocenters. The van der Waals surface area contributed by atoms with Gasteiger partial charge in [0.1, 0.15) is 16.5 Å². The van der Waals surface area contributed by atoms with Crippen LogP contribution >= 0.6 is 15.9 Å². The molecular weight excluding hydrogens is 417 g/mol. The summed E-state index contributed by atoms with van der Waals surface area (Å²) in [5.74, 6) is -0.806. The monoisotopic (exact) mass is 433 g/mol. The van der Waals surface area contributed by atoms with Crippen molar-refractivity contribution in [3.8, 4) is 5.75 Å². The van der Waals surface area contributed by atoms with Gasteiger partial charge in [0.05, 0.1) is 11.6 Å². The minimum atomic E-state index is -4.06. The summed E-state index contributed by atoms with van der Waals surface area (Å²) >= 11 is 2.94. The van der Waals surface area contributed by atoms with Crippen LogP contribution in [0.3, 0.4) is 0 Å². The highest BCUT2D eigenvalue weighted by molar-refractivity contribution is 9.10. The van der Waals surface area contributed by atoms with Gasteiger partial charge in [-0.25, -0.2) is 22.3 Å². The third kappa shape index (κ3) is 5.36. The van der Waals surface area contributed by atoms with Crippen molar-refractivity contribution in [2.45, 2.75) is 4.90 Å². The Kier molecular flexibility index (Phi) is 6.92. The largest absolute Gasteiger partial charge is 0.495 e.